The topological polar surface area (TPSA) is 28.2 Å². The predicted octanol–water partition coefficient (Wildman–Crippen LogP) is 3.05. The molecule has 0 aliphatic carbocycles. The van der Waals surface area contributed by atoms with Crippen molar-refractivity contribution in [3.05, 3.63) is 16.1 Å². The van der Waals surface area contributed by atoms with Crippen molar-refractivity contribution in [2.75, 3.05) is 13.1 Å². The Bertz CT molecular complexity index is 390. The number of aromatic nitrogens is 1. The van der Waals surface area contributed by atoms with Crippen molar-refractivity contribution in [2.24, 2.45) is 5.92 Å². The fourth-order valence-electron chi connectivity index (χ4n) is 2.88. The molecule has 1 saturated heterocycles. The lowest BCUT2D eigenvalue weighted by Gasteiger charge is -2.42. The molecule has 1 fully saturated rings. The number of piperazine rings is 1. The van der Waals surface area contributed by atoms with E-state index in [4.69, 9.17) is 0 Å². The largest absolute Gasteiger partial charge is 0.311 e. The first-order valence-electron chi connectivity index (χ1n) is 7.52. The van der Waals surface area contributed by atoms with E-state index in [-0.39, 0.29) is 0 Å². The zero-order valence-electron chi connectivity index (χ0n) is 12.6. The molecular formula is C15H27N3S. The van der Waals surface area contributed by atoms with Crippen molar-refractivity contribution in [2.45, 2.75) is 59.2 Å². The fraction of sp³-hybridized carbons (Fsp3) is 0.800. The number of hydrogen-bond acceptors (Lipinski definition) is 4. The third-order valence-electron chi connectivity index (χ3n) is 4.36. The van der Waals surface area contributed by atoms with E-state index in [0.717, 1.165) is 25.6 Å². The Morgan fingerprint density at radius 1 is 1.53 bits per heavy atom. The Labute approximate surface area is 121 Å². The molecule has 3 unspecified atom stereocenters. The summed E-state index contributed by atoms with van der Waals surface area (Å²) < 4.78 is 0. The predicted molar refractivity (Wildman–Crippen MR) is 82.6 cm³/mol. The van der Waals surface area contributed by atoms with E-state index in [1.54, 1.807) is 11.3 Å². The van der Waals surface area contributed by atoms with E-state index < -0.39 is 0 Å². The van der Waals surface area contributed by atoms with Crippen LogP contribution in [-0.4, -0.2) is 35.1 Å². The van der Waals surface area contributed by atoms with Gasteiger partial charge in [-0.05, 0) is 19.3 Å². The summed E-state index contributed by atoms with van der Waals surface area (Å²) in [7, 11) is 0. The summed E-state index contributed by atoms with van der Waals surface area (Å²) in [5, 5.41) is 7.09. The van der Waals surface area contributed by atoms with Crippen molar-refractivity contribution in [1.82, 2.24) is 15.2 Å². The average molecular weight is 281 g/mol. The molecule has 1 aromatic rings. The SMILES string of the molecule is CCC1CN(Cc2csc(C)n2)C(C(C)CC)CN1. The van der Waals surface area contributed by atoms with Gasteiger partial charge in [-0.25, -0.2) is 4.98 Å². The molecule has 3 atom stereocenters. The second kappa shape index (κ2) is 6.82. The van der Waals surface area contributed by atoms with E-state index in [0.29, 0.717) is 12.1 Å². The van der Waals surface area contributed by atoms with Crippen LogP contribution in [0, 0.1) is 12.8 Å². The van der Waals surface area contributed by atoms with Gasteiger partial charge in [0.15, 0.2) is 0 Å². The molecule has 108 valence electrons. The lowest BCUT2D eigenvalue weighted by molar-refractivity contribution is 0.0822. The van der Waals surface area contributed by atoms with Crippen LogP contribution >= 0.6 is 11.3 Å². The zero-order chi connectivity index (χ0) is 13.8. The van der Waals surface area contributed by atoms with E-state index in [9.17, 15) is 0 Å². The van der Waals surface area contributed by atoms with Gasteiger partial charge in [0.25, 0.3) is 0 Å². The normalized spacial score (nSPS) is 26.5. The van der Waals surface area contributed by atoms with Crippen LogP contribution in [0.1, 0.15) is 44.3 Å². The molecule has 0 amide bonds. The van der Waals surface area contributed by atoms with Crippen LogP contribution in [0.3, 0.4) is 0 Å². The Morgan fingerprint density at radius 3 is 2.89 bits per heavy atom. The van der Waals surface area contributed by atoms with Crippen LogP contribution in [0.25, 0.3) is 0 Å². The van der Waals surface area contributed by atoms with E-state index in [1.165, 1.54) is 23.5 Å². The summed E-state index contributed by atoms with van der Waals surface area (Å²) in [6.07, 6.45) is 2.45. The van der Waals surface area contributed by atoms with Crippen LogP contribution in [0.2, 0.25) is 0 Å². The molecule has 19 heavy (non-hydrogen) atoms. The number of hydrogen-bond donors (Lipinski definition) is 1. The number of rotatable bonds is 5. The molecular weight excluding hydrogens is 254 g/mol. The van der Waals surface area contributed by atoms with Gasteiger partial charge >= 0.3 is 0 Å². The Hall–Kier alpha value is -0.450. The summed E-state index contributed by atoms with van der Waals surface area (Å²) in [5.41, 5.74) is 1.24. The maximum atomic E-state index is 4.63. The number of aryl methyl sites for hydroxylation is 1. The molecule has 1 aromatic heterocycles. The van der Waals surface area contributed by atoms with Crippen molar-refractivity contribution in [3.63, 3.8) is 0 Å². The van der Waals surface area contributed by atoms with E-state index in [2.05, 4.69) is 48.3 Å². The molecule has 0 aromatic carbocycles. The molecule has 2 rings (SSSR count). The van der Waals surface area contributed by atoms with Crippen LogP contribution in [0.15, 0.2) is 5.38 Å². The van der Waals surface area contributed by atoms with E-state index in [1.807, 2.05) is 0 Å². The monoisotopic (exact) mass is 281 g/mol. The van der Waals surface area contributed by atoms with Gasteiger partial charge in [0.2, 0.25) is 0 Å². The van der Waals surface area contributed by atoms with Gasteiger partial charge in [-0.15, -0.1) is 11.3 Å². The molecule has 3 nitrogen and oxygen atoms in total. The minimum atomic E-state index is 0.639. The summed E-state index contributed by atoms with van der Waals surface area (Å²) in [4.78, 5) is 7.28. The van der Waals surface area contributed by atoms with Crippen molar-refractivity contribution < 1.29 is 0 Å². The van der Waals surface area contributed by atoms with Crippen molar-refractivity contribution >= 4 is 11.3 Å². The minimum Gasteiger partial charge on any atom is -0.311 e. The molecule has 2 heterocycles. The molecule has 0 saturated carbocycles. The van der Waals surface area contributed by atoms with Crippen LogP contribution in [0.5, 0.6) is 0 Å². The first-order valence-corrected chi connectivity index (χ1v) is 8.40. The van der Waals surface area contributed by atoms with Gasteiger partial charge in [0, 0.05) is 37.1 Å². The van der Waals surface area contributed by atoms with Crippen molar-refractivity contribution in [1.29, 1.82) is 0 Å². The van der Waals surface area contributed by atoms with Crippen LogP contribution < -0.4 is 5.32 Å². The van der Waals surface area contributed by atoms with Crippen molar-refractivity contribution in [3.8, 4) is 0 Å². The first kappa shape index (κ1) is 14.9. The Balaban J connectivity index is 2.06. The smallest absolute Gasteiger partial charge is 0.0897 e. The standard InChI is InChI=1S/C15H27N3S/c1-5-11(3)15-7-16-13(6-2)8-18(15)9-14-10-19-12(4)17-14/h10-11,13,15-16H,5-9H2,1-4H3. The maximum Gasteiger partial charge on any atom is 0.0897 e. The summed E-state index contributed by atoms with van der Waals surface area (Å²) in [5.74, 6) is 0.741. The lowest BCUT2D eigenvalue weighted by atomic mass is 9.94. The van der Waals surface area contributed by atoms with Crippen LogP contribution in [-0.2, 0) is 6.54 Å². The van der Waals surface area contributed by atoms with Gasteiger partial charge in [-0.1, -0.05) is 27.2 Å². The number of thiazole rings is 1. The number of nitrogens with one attached hydrogen (secondary N) is 1. The average Bonchev–Trinajstić information content (AvgIpc) is 2.83. The first-order chi connectivity index (χ1) is 9.13. The highest BCUT2D eigenvalue weighted by molar-refractivity contribution is 7.09. The Morgan fingerprint density at radius 2 is 2.32 bits per heavy atom. The third kappa shape index (κ3) is 3.77. The van der Waals surface area contributed by atoms with Gasteiger partial charge in [0.1, 0.15) is 0 Å². The lowest BCUT2D eigenvalue weighted by Crippen LogP contribution is -2.57. The van der Waals surface area contributed by atoms with Gasteiger partial charge in [0.05, 0.1) is 10.7 Å². The minimum absolute atomic E-state index is 0.639. The molecule has 0 spiro atoms. The fourth-order valence-corrected chi connectivity index (χ4v) is 3.48. The van der Waals surface area contributed by atoms with Gasteiger partial charge < -0.3 is 5.32 Å². The maximum absolute atomic E-state index is 4.63. The quantitative estimate of drug-likeness (QED) is 0.899. The highest BCUT2D eigenvalue weighted by atomic mass is 32.1. The molecule has 1 N–H and O–H groups in total. The summed E-state index contributed by atoms with van der Waals surface area (Å²) in [6, 6.07) is 1.29. The molecule has 1 aliphatic rings. The zero-order valence-corrected chi connectivity index (χ0v) is 13.5. The molecule has 0 radical (unpaired) electrons. The van der Waals surface area contributed by atoms with E-state index >= 15 is 0 Å². The number of nitrogens with zero attached hydrogens (tertiary/aromatic N) is 2. The summed E-state index contributed by atoms with van der Waals surface area (Å²) in [6.45, 7) is 12.3. The Kier molecular flexibility index (Phi) is 5.37. The van der Waals surface area contributed by atoms with Crippen LogP contribution in [0.4, 0.5) is 0 Å². The molecule has 0 bridgehead atoms. The molecule has 4 heteroatoms. The highest BCUT2D eigenvalue weighted by Crippen LogP contribution is 2.22. The second-order valence-electron chi connectivity index (χ2n) is 5.75. The van der Waals surface area contributed by atoms with Gasteiger partial charge in [-0.3, -0.25) is 4.90 Å². The van der Waals surface area contributed by atoms with Gasteiger partial charge in [-0.2, -0.15) is 0 Å². The molecule has 1 aliphatic heterocycles. The highest BCUT2D eigenvalue weighted by Gasteiger charge is 2.30. The second-order valence-corrected chi connectivity index (χ2v) is 6.82. The summed E-state index contributed by atoms with van der Waals surface area (Å²) >= 11 is 1.76. The third-order valence-corrected chi connectivity index (χ3v) is 5.19.